The van der Waals surface area contributed by atoms with Gasteiger partial charge in [-0.2, -0.15) is 0 Å². The molecule has 1 aromatic heterocycles. The van der Waals surface area contributed by atoms with Gasteiger partial charge >= 0.3 is 15.2 Å². The molecule has 7 nitrogen and oxygen atoms in total. The molecular formula is C12H23NO6P2S2. The van der Waals surface area contributed by atoms with E-state index < -0.39 is 19.9 Å². The molecule has 23 heavy (non-hydrogen) atoms. The van der Waals surface area contributed by atoms with Gasteiger partial charge in [-0.25, -0.2) is 4.98 Å². The molecule has 1 heterocycles. The fourth-order valence-corrected chi connectivity index (χ4v) is 10.1. The highest BCUT2D eigenvalue weighted by Gasteiger charge is 2.52. The maximum atomic E-state index is 13.2. The summed E-state index contributed by atoms with van der Waals surface area (Å²) in [5.41, 5.74) is 0. The van der Waals surface area contributed by atoms with Crippen molar-refractivity contribution in [1.29, 1.82) is 0 Å². The Labute approximate surface area is 145 Å². The van der Waals surface area contributed by atoms with Gasteiger partial charge < -0.3 is 18.1 Å². The van der Waals surface area contributed by atoms with E-state index in [0.717, 1.165) is 11.8 Å². The molecule has 134 valence electrons. The summed E-state index contributed by atoms with van der Waals surface area (Å²) in [6, 6.07) is 0. The van der Waals surface area contributed by atoms with Crippen LogP contribution < -0.4 is 0 Å². The second kappa shape index (κ2) is 10.3. The van der Waals surface area contributed by atoms with E-state index in [9.17, 15) is 9.13 Å². The molecule has 1 aromatic rings. The standard InChI is InChI=1S/C12H23NO6P2S2/c1-5-16-20(14,17-6-2)12(23-11-13-9-10-22-11)21(15,18-7-3)19-8-4/h9-10,12H,5-8H2,1-4H3. The summed E-state index contributed by atoms with van der Waals surface area (Å²) in [7, 11) is -7.47. The number of thiazole rings is 1. The van der Waals surface area contributed by atoms with Gasteiger partial charge in [-0.1, -0.05) is 11.8 Å². The highest BCUT2D eigenvalue weighted by atomic mass is 32.2. The van der Waals surface area contributed by atoms with Gasteiger partial charge in [0.1, 0.15) is 0 Å². The maximum absolute atomic E-state index is 13.2. The minimum Gasteiger partial charge on any atom is -0.308 e. The first-order chi connectivity index (χ1) is 11.0. The Bertz CT molecular complexity index is 492. The van der Waals surface area contributed by atoms with Gasteiger partial charge in [0.2, 0.25) is 4.73 Å². The summed E-state index contributed by atoms with van der Waals surface area (Å²) < 4.78 is 47.4. The lowest BCUT2D eigenvalue weighted by atomic mass is 10.9. The molecular weight excluding hydrogens is 380 g/mol. The highest BCUT2D eigenvalue weighted by Crippen LogP contribution is 2.74. The second-order valence-electron chi connectivity index (χ2n) is 3.99. The van der Waals surface area contributed by atoms with E-state index >= 15 is 0 Å². The molecule has 0 aliphatic carbocycles. The van der Waals surface area contributed by atoms with Crippen LogP contribution in [-0.4, -0.2) is 36.1 Å². The normalized spacial score (nSPS) is 12.9. The fourth-order valence-electron chi connectivity index (χ4n) is 1.71. The monoisotopic (exact) mass is 403 g/mol. The van der Waals surface area contributed by atoms with E-state index in [1.807, 2.05) is 0 Å². The summed E-state index contributed by atoms with van der Waals surface area (Å²) >= 11 is 2.39. The predicted octanol–water partition coefficient (Wildman–Crippen LogP) is 5.05. The van der Waals surface area contributed by atoms with E-state index in [1.165, 1.54) is 11.3 Å². The molecule has 0 fully saturated rings. The quantitative estimate of drug-likeness (QED) is 0.354. The molecule has 0 N–H and O–H groups in total. The van der Waals surface area contributed by atoms with E-state index in [1.54, 1.807) is 39.3 Å². The maximum Gasteiger partial charge on any atom is 0.356 e. The average Bonchev–Trinajstić information content (AvgIpc) is 2.98. The molecule has 0 saturated heterocycles. The van der Waals surface area contributed by atoms with Gasteiger partial charge in [0, 0.05) is 11.6 Å². The Hall–Kier alpha value is 0.280. The minimum absolute atomic E-state index is 0.157. The fraction of sp³-hybridized carbons (Fsp3) is 0.750. The summed E-state index contributed by atoms with van der Waals surface area (Å²) in [5, 5.41) is 1.78. The van der Waals surface area contributed by atoms with Crippen molar-refractivity contribution in [3.8, 4) is 0 Å². The summed E-state index contributed by atoms with van der Waals surface area (Å²) in [5.74, 6) is 0. The van der Waals surface area contributed by atoms with Gasteiger partial charge in [-0.15, -0.1) is 11.3 Å². The van der Waals surface area contributed by atoms with Crippen LogP contribution in [0.2, 0.25) is 0 Å². The van der Waals surface area contributed by atoms with Crippen molar-refractivity contribution in [3.63, 3.8) is 0 Å². The third-order valence-electron chi connectivity index (χ3n) is 2.39. The smallest absolute Gasteiger partial charge is 0.308 e. The van der Waals surface area contributed by atoms with Crippen LogP contribution in [0.3, 0.4) is 0 Å². The molecule has 0 aromatic carbocycles. The first-order valence-corrected chi connectivity index (χ1v) is 12.3. The molecule has 0 spiro atoms. The van der Waals surface area contributed by atoms with Crippen molar-refractivity contribution in [3.05, 3.63) is 11.6 Å². The molecule has 0 unspecified atom stereocenters. The van der Waals surface area contributed by atoms with E-state index in [-0.39, 0.29) is 26.4 Å². The number of rotatable bonds is 12. The Kier molecular flexibility index (Phi) is 9.56. The number of nitrogens with zero attached hydrogens (tertiary/aromatic N) is 1. The van der Waals surface area contributed by atoms with Crippen molar-refractivity contribution in [2.75, 3.05) is 26.4 Å². The van der Waals surface area contributed by atoms with Crippen LogP contribution in [0.1, 0.15) is 27.7 Å². The van der Waals surface area contributed by atoms with Crippen molar-refractivity contribution < 1.29 is 27.2 Å². The second-order valence-corrected chi connectivity index (χ2v) is 11.6. The van der Waals surface area contributed by atoms with Gasteiger partial charge in [0.05, 0.1) is 26.4 Å². The topological polar surface area (TPSA) is 84.0 Å². The molecule has 1 rings (SSSR count). The zero-order valence-corrected chi connectivity index (χ0v) is 17.1. The average molecular weight is 403 g/mol. The van der Waals surface area contributed by atoms with E-state index in [0.29, 0.717) is 4.34 Å². The van der Waals surface area contributed by atoms with Crippen LogP contribution in [0.25, 0.3) is 0 Å². The minimum atomic E-state index is -3.73. The van der Waals surface area contributed by atoms with Gasteiger partial charge in [-0.05, 0) is 27.7 Å². The van der Waals surface area contributed by atoms with Gasteiger partial charge in [0.15, 0.2) is 4.34 Å². The first kappa shape index (κ1) is 21.3. The molecule has 0 aliphatic heterocycles. The third kappa shape index (κ3) is 5.94. The number of aromatic nitrogens is 1. The van der Waals surface area contributed by atoms with Crippen molar-refractivity contribution in [1.82, 2.24) is 4.98 Å². The van der Waals surface area contributed by atoms with Crippen LogP contribution >= 0.6 is 38.3 Å². The molecule has 0 atom stereocenters. The summed E-state index contributed by atoms with van der Waals surface area (Å²) in [6.45, 7) is 7.42. The summed E-state index contributed by atoms with van der Waals surface area (Å²) in [6.07, 6.45) is 1.61. The van der Waals surface area contributed by atoms with Crippen molar-refractivity contribution >= 4 is 38.3 Å². The molecule has 0 aliphatic rings. The number of hydrogen-bond donors (Lipinski definition) is 0. The van der Waals surface area contributed by atoms with E-state index in [2.05, 4.69) is 4.98 Å². The molecule has 11 heteroatoms. The molecule has 0 amide bonds. The Morgan fingerprint density at radius 3 is 1.74 bits per heavy atom. The van der Waals surface area contributed by atoms with Crippen LogP contribution in [0.15, 0.2) is 15.9 Å². The zero-order chi connectivity index (χ0) is 17.3. The Balaban J connectivity index is 3.27. The Morgan fingerprint density at radius 1 is 1.00 bits per heavy atom. The first-order valence-electron chi connectivity index (χ1n) is 7.29. The van der Waals surface area contributed by atoms with Crippen LogP contribution in [0.5, 0.6) is 0 Å². The molecule has 0 bridgehead atoms. The number of hydrogen-bond acceptors (Lipinski definition) is 9. The van der Waals surface area contributed by atoms with Crippen LogP contribution in [0, 0.1) is 0 Å². The van der Waals surface area contributed by atoms with Crippen LogP contribution in [-0.2, 0) is 27.2 Å². The SMILES string of the molecule is CCOP(=O)(OCC)C(Sc1nccs1)P(=O)(OCC)OCC. The Morgan fingerprint density at radius 2 is 1.43 bits per heavy atom. The third-order valence-corrected chi connectivity index (χ3v) is 11.5. The van der Waals surface area contributed by atoms with Crippen molar-refractivity contribution in [2.45, 2.75) is 36.8 Å². The molecule has 0 radical (unpaired) electrons. The van der Waals surface area contributed by atoms with Gasteiger partial charge in [0.25, 0.3) is 0 Å². The lowest BCUT2D eigenvalue weighted by Crippen LogP contribution is -2.14. The highest BCUT2D eigenvalue weighted by molar-refractivity contribution is 8.13. The van der Waals surface area contributed by atoms with Gasteiger partial charge in [-0.3, -0.25) is 9.13 Å². The lowest BCUT2D eigenvalue weighted by molar-refractivity contribution is 0.203. The van der Waals surface area contributed by atoms with Crippen LogP contribution in [0.4, 0.5) is 0 Å². The predicted molar refractivity (Wildman–Crippen MR) is 93.5 cm³/mol. The number of thioether (sulfide) groups is 1. The summed E-state index contributed by atoms with van der Waals surface area (Å²) in [4.78, 5) is 4.14. The van der Waals surface area contributed by atoms with Crippen molar-refractivity contribution in [2.24, 2.45) is 0 Å². The zero-order valence-electron chi connectivity index (χ0n) is 13.7. The largest absolute Gasteiger partial charge is 0.356 e. The van der Waals surface area contributed by atoms with E-state index in [4.69, 9.17) is 18.1 Å². The lowest BCUT2D eigenvalue weighted by Gasteiger charge is -2.30. The molecule has 0 saturated carbocycles.